The Morgan fingerprint density at radius 3 is 2.68 bits per heavy atom. The zero-order chi connectivity index (χ0) is 17.4. The van der Waals surface area contributed by atoms with Crippen LogP contribution < -0.4 is 4.74 Å². The zero-order valence-corrected chi connectivity index (χ0v) is 14.5. The van der Waals surface area contributed by atoms with Gasteiger partial charge in [-0.15, -0.1) is 0 Å². The number of fused-ring (bicyclic) bond motifs is 1. The van der Waals surface area contributed by atoms with E-state index in [1.165, 1.54) is 0 Å². The molecule has 0 saturated carbocycles. The van der Waals surface area contributed by atoms with Crippen LogP contribution in [0.4, 0.5) is 0 Å². The molecule has 0 saturated heterocycles. The van der Waals surface area contributed by atoms with E-state index in [-0.39, 0.29) is 11.7 Å². The molecule has 4 rings (SSSR count). The van der Waals surface area contributed by atoms with Crippen LogP contribution >= 0.6 is 11.6 Å². The number of ketones is 1. The maximum Gasteiger partial charge on any atom is 0.166 e. The van der Waals surface area contributed by atoms with Crippen molar-refractivity contribution in [3.8, 4) is 11.4 Å². The van der Waals surface area contributed by atoms with Crippen LogP contribution in [0, 0.1) is 0 Å². The highest BCUT2D eigenvalue weighted by atomic mass is 35.5. The van der Waals surface area contributed by atoms with Gasteiger partial charge < -0.3 is 4.74 Å². The summed E-state index contributed by atoms with van der Waals surface area (Å²) in [5, 5.41) is 5.14. The quantitative estimate of drug-likeness (QED) is 0.699. The fraction of sp³-hybridized carbons (Fsp3) is 0.200. The van der Waals surface area contributed by atoms with Crippen molar-refractivity contribution in [3.05, 3.63) is 76.6 Å². The molecule has 1 aromatic heterocycles. The first-order valence-corrected chi connectivity index (χ1v) is 8.53. The minimum absolute atomic E-state index is 0.118. The highest BCUT2D eigenvalue weighted by Crippen LogP contribution is 2.34. The summed E-state index contributed by atoms with van der Waals surface area (Å²) in [6.07, 6.45) is 2.92. The van der Waals surface area contributed by atoms with Crippen molar-refractivity contribution in [3.63, 3.8) is 0 Å². The molecule has 0 aliphatic heterocycles. The van der Waals surface area contributed by atoms with Gasteiger partial charge in [-0.05, 0) is 54.3 Å². The first-order chi connectivity index (χ1) is 12.2. The lowest BCUT2D eigenvalue weighted by Gasteiger charge is -2.23. The molecule has 0 radical (unpaired) electrons. The molecular weight excluding hydrogens is 336 g/mol. The fourth-order valence-corrected chi connectivity index (χ4v) is 3.58. The van der Waals surface area contributed by atoms with E-state index in [2.05, 4.69) is 5.10 Å². The van der Waals surface area contributed by atoms with E-state index >= 15 is 0 Å². The van der Waals surface area contributed by atoms with Crippen LogP contribution in [0.3, 0.4) is 0 Å². The van der Waals surface area contributed by atoms with E-state index in [1.54, 1.807) is 13.3 Å². The number of ether oxygens (including phenoxy) is 1. The topological polar surface area (TPSA) is 44.1 Å². The Kier molecular flexibility index (Phi) is 4.06. The van der Waals surface area contributed by atoms with Gasteiger partial charge in [0.2, 0.25) is 0 Å². The summed E-state index contributed by atoms with van der Waals surface area (Å²) in [7, 11) is 1.64. The van der Waals surface area contributed by atoms with E-state index in [1.807, 2.05) is 53.2 Å². The first kappa shape index (κ1) is 15.9. The number of carbonyl (C=O) groups is 1. The second-order valence-corrected chi connectivity index (χ2v) is 6.63. The number of hydrogen-bond donors (Lipinski definition) is 0. The summed E-state index contributed by atoms with van der Waals surface area (Å²) in [6.45, 7) is 0. The summed E-state index contributed by atoms with van der Waals surface area (Å²) in [5.74, 6) is 1.04. The lowest BCUT2D eigenvalue weighted by Crippen LogP contribution is -2.20. The molecule has 0 amide bonds. The molecule has 0 bridgehead atoms. The van der Waals surface area contributed by atoms with Gasteiger partial charge in [-0.2, -0.15) is 5.10 Å². The summed E-state index contributed by atoms with van der Waals surface area (Å²) in [6, 6.07) is 15.4. The molecule has 5 heteroatoms. The van der Waals surface area contributed by atoms with Crippen molar-refractivity contribution in [1.29, 1.82) is 0 Å². The number of aromatic nitrogens is 2. The van der Waals surface area contributed by atoms with Crippen LogP contribution in [0.25, 0.3) is 5.69 Å². The largest absolute Gasteiger partial charge is 0.497 e. The Balaban J connectivity index is 1.72. The normalized spacial score (nSPS) is 16.6. The van der Waals surface area contributed by atoms with Gasteiger partial charge in [-0.25, -0.2) is 4.68 Å². The maximum absolute atomic E-state index is 12.6. The van der Waals surface area contributed by atoms with Crippen molar-refractivity contribution in [2.75, 3.05) is 7.11 Å². The van der Waals surface area contributed by atoms with E-state index in [0.29, 0.717) is 17.0 Å². The second-order valence-electron chi connectivity index (χ2n) is 6.20. The van der Waals surface area contributed by atoms with Crippen LogP contribution in [0.15, 0.2) is 54.7 Å². The van der Waals surface area contributed by atoms with Gasteiger partial charge in [0.05, 0.1) is 30.3 Å². The predicted molar refractivity (Wildman–Crippen MR) is 97.0 cm³/mol. The summed E-state index contributed by atoms with van der Waals surface area (Å²) in [4.78, 5) is 12.6. The molecule has 4 nitrogen and oxygen atoms in total. The standard InChI is InChI=1S/C20H17ClN2O2/c1-25-17-7-5-16(6-8-17)23-19-10-14(11-20(24)18(19)12-22-23)13-3-2-4-15(21)9-13/h2-9,12,14H,10-11H2,1H3. The fourth-order valence-electron chi connectivity index (χ4n) is 3.38. The summed E-state index contributed by atoms with van der Waals surface area (Å²) in [5.41, 5.74) is 3.68. The molecule has 1 aliphatic carbocycles. The molecule has 1 aliphatic rings. The van der Waals surface area contributed by atoms with Gasteiger partial charge in [0.1, 0.15) is 5.75 Å². The van der Waals surface area contributed by atoms with Crippen LogP contribution in [0.1, 0.15) is 34.0 Å². The highest BCUT2D eigenvalue weighted by Gasteiger charge is 2.30. The number of carbonyl (C=O) groups excluding carboxylic acids is 1. The van der Waals surface area contributed by atoms with Gasteiger partial charge in [-0.3, -0.25) is 4.79 Å². The molecule has 0 N–H and O–H groups in total. The number of benzene rings is 2. The molecule has 0 fully saturated rings. The van der Waals surface area contributed by atoms with Gasteiger partial charge in [0, 0.05) is 11.4 Å². The number of rotatable bonds is 3. The lowest BCUT2D eigenvalue weighted by atomic mass is 9.82. The third kappa shape index (κ3) is 2.94. The SMILES string of the molecule is COc1ccc(-n2ncc3c2CC(c2cccc(Cl)c2)CC3=O)cc1. The Hall–Kier alpha value is -2.59. The van der Waals surface area contributed by atoms with E-state index in [4.69, 9.17) is 16.3 Å². The third-order valence-electron chi connectivity index (χ3n) is 4.68. The van der Waals surface area contributed by atoms with Crippen LogP contribution in [0.5, 0.6) is 5.75 Å². The van der Waals surface area contributed by atoms with E-state index < -0.39 is 0 Å². The van der Waals surface area contributed by atoms with Gasteiger partial charge in [0.15, 0.2) is 5.78 Å². The van der Waals surface area contributed by atoms with Gasteiger partial charge in [-0.1, -0.05) is 23.7 Å². The van der Waals surface area contributed by atoms with Crippen molar-refractivity contribution >= 4 is 17.4 Å². The predicted octanol–water partition coefficient (Wildman–Crippen LogP) is 4.45. The Bertz CT molecular complexity index is 931. The minimum Gasteiger partial charge on any atom is -0.497 e. The van der Waals surface area contributed by atoms with Crippen molar-refractivity contribution in [2.45, 2.75) is 18.8 Å². The number of Topliss-reactive ketones (excluding diaryl/α,β-unsaturated/α-hetero) is 1. The van der Waals surface area contributed by atoms with Crippen LogP contribution in [-0.4, -0.2) is 22.7 Å². The van der Waals surface area contributed by atoms with Crippen LogP contribution in [-0.2, 0) is 6.42 Å². The lowest BCUT2D eigenvalue weighted by molar-refractivity contribution is 0.0963. The minimum atomic E-state index is 0.118. The maximum atomic E-state index is 12.6. The highest BCUT2D eigenvalue weighted by molar-refractivity contribution is 6.30. The molecular formula is C20H17ClN2O2. The average Bonchev–Trinajstić information content (AvgIpc) is 3.06. The number of halogens is 1. The van der Waals surface area contributed by atoms with E-state index in [0.717, 1.165) is 29.1 Å². The van der Waals surface area contributed by atoms with Crippen LogP contribution in [0.2, 0.25) is 5.02 Å². The molecule has 126 valence electrons. The first-order valence-electron chi connectivity index (χ1n) is 8.15. The van der Waals surface area contributed by atoms with Crippen molar-refractivity contribution in [1.82, 2.24) is 9.78 Å². The third-order valence-corrected chi connectivity index (χ3v) is 4.91. The zero-order valence-electron chi connectivity index (χ0n) is 13.8. The number of hydrogen-bond acceptors (Lipinski definition) is 3. The molecule has 1 unspecified atom stereocenters. The molecule has 25 heavy (non-hydrogen) atoms. The summed E-state index contributed by atoms with van der Waals surface area (Å²) < 4.78 is 7.06. The van der Waals surface area contributed by atoms with Gasteiger partial charge >= 0.3 is 0 Å². The Morgan fingerprint density at radius 2 is 1.96 bits per heavy atom. The average molecular weight is 353 g/mol. The monoisotopic (exact) mass is 352 g/mol. The molecule has 0 spiro atoms. The molecule has 3 aromatic rings. The number of methoxy groups -OCH3 is 1. The Labute approximate surface area is 151 Å². The molecule has 2 aromatic carbocycles. The van der Waals surface area contributed by atoms with Crippen molar-refractivity contribution in [2.24, 2.45) is 0 Å². The second kappa shape index (κ2) is 6.37. The smallest absolute Gasteiger partial charge is 0.166 e. The Morgan fingerprint density at radius 1 is 1.16 bits per heavy atom. The van der Waals surface area contributed by atoms with E-state index in [9.17, 15) is 4.79 Å². The number of nitrogens with zero attached hydrogens (tertiary/aromatic N) is 2. The molecule has 1 atom stereocenters. The molecule has 1 heterocycles. The van der Waals surface area contributed by atoms with Crippen molar-refractivity contribution < 1.29 is 9.53 Å². The van der Waals surface area contributed by atoms with Gasteiger partial charge in [0.25, 0.3) is 0 Å². The summed E-state index contributed by atoms with van der Waals surface area (Å²) >= 11 is 6.12.